The van der Waals surface area contributed by atoms with Crippen LogP contribution in [0.25, 0.3) is 0 Å². The number of ketones is 1. The normalized spacial score (nSPS) is 12.3. The van der Waals surface area contributed by atoms with E-state index in [2.05, 4.69) is 15.9 Å². The van der Waals surface area contributed by atoms with Crippen LogP contribution in [0.15, 0.2) is 22.7 Å². The van der Waals surface area contributed by atoms with E-state index in [1.165, 1.54) is 6.92 Å². The number of hydrogen-bond acceptors (Lipinski definition) is 2. The number of rotatable bonds is 3. The summed E-state index contributed by atoms with van der Waals surface area (Å²) in [5.41, 5.74) is 0. The fourth-order valence-corrected chi connectivity index (χ4v) is 1.34. The molecule has 1 aromatic rings. The number of ether oxygens (including phenoxy) is 1. The number of Topliss-reactive ketones (excluding diaryl/α,β-unsaturated/α-hetero) is 1. The van der Waals surface area contributed by atoms with Gasteiger partial charge in [0, 0.05) is 4.47 Å². The minimum atomic E-state index is -0.471. The summed E-state index contributed by atoms with van der Waals surface area (Å²) >= 11 is 9.19. The van der Waals surface area contributed by atoms with Crippen LogP contribution < -0.4 is 4.74 Å². The van der Waals surface area contributed by atoms with Gasteiger partial charge in [-0.15, -0.1) is 0 Å². The van der Waals surface area contributed by atoms with Crippen LogP contribution in [0.1, 0.15) is 13.8 Å². The first kappa shape index (κ1) is 11.5. The van der Waals surface area contributed by atoms with E-state index in [9.17, 15) is 4.79 Å². The molecule has 0 aliphatic heterocycles. The summed E-state index contributed by atoms with van der Waals surface area (Å²) in [5.74, 6) is 0.491. The van der Waals surface area contributed by atoms with E-state index in [1.807, 2.05) is 6.07 Å². The second-order valence-electron chi connectivity index (χ2n) is 2.95. The summed E-state index contributed by atoms with van der Waals surface area (Å²) in [6.45, 7) is 3.18. The molecule has 0 heterocycles. The van der Waals surface area contributed by atoms with Crippen molar-refractivity contribution in [3.8, 4) is 5.75 Å². The molecule has 76 valence electrons. The Labute approximate surface area is 96.3 Å². The van der Waals surface area contributed by atoms with Gasteiger partial charge in [-0.1, -0.05) is 27.5 Å². The molecule has 0 saturated heterocycles. The molecular weight excluding hydrogens is 267 g/mol. The van der Waals surface area contributed by atoms with Crippen molar-refractivity contribution in [3.63, 3.8) is 0 Å². The van der Waals surface area contributed by atoms with E-state index in [0.29, 0.717) is 10.8 Å². The zero-order valence-corrected chi connectivity index (χ0v) is 10.2. The van der Waals surface area contributed by atoms with Crippen LogP contribution in [0.2, 0.25) is 5.02 Å². The Balaban J connectivity index is 2.85. The van der Waals surface area contributed by atoms with Crippen LogP contribution in [0.5, 0.6) is 5.75 Å². The number of hydrogen-bond donors (Lipinski definition) is 0. The summed E-state index contributed by atoms with van der Waals surface area (Å²) in [6, 6.07) is 5.27. The Kier molecular flexibility index (Phi) is 3.96. The van der Waals surface area contributed by atoms with Gasteiger partial charge in [0.25, 0.3) is 0 Å². The molecule has 0 saturated carbocycles. The van der Waals surface area contributed by atoms with E-state index < -0.39 is 6.10 Å². The standard InChI is InChI=1S/C10H10BrClO2/c1-6(13)7(2)14-10-5-8(11)3-4-9(10)12/h3-5,7H,1-2H3. The van der Waals surface area contributed by atoms with Gasteiger partial charge in [-0.25, -0.2) is 0 Å². The zero-order valence-electron chi connectivity index (χ0n) is 7.88. The third-order valence-corrected chi connectivity index (χ3v) is 2.57. The van der Waals surface area contributed by atoms with Crippen molar-refractivity contribution < 1.29 is 9.53 Å². The van der Waals surface area contributed by atoms with Crippen molar-refractivity contribution in [2.45, 2.75) is 20.0 Å². The zero-order chi connectivity index (χ0) is 10.7. The predicted octanol–water partition coefficient (Wildman–Crippen LogP) is 3.46. The van der Waals surface area contributed by atoms with E-state index >= 15 is 0 Å². The van der Waals surface area contributed by atoms with E-state index in [1.54, 1.807) is 19.1 Å². The molecular formula is C10H10BrClO2. The highest BCUT2D eigenvalue weighted by molar-refractivity contribution is 9.10. The first-order valence-electron chi connectivity index (χ1n) is 4.13. The van der Waals surface area contributed by atoms with E-state index in [-0.39, 0.29) is 5.78 Å². The fourth-order valence-electron chi connectivity index (χ4n) is 0.841. The number of benzene rings is 1. The first-order valence-corrected chi connectivity index (χ1v) is 5.30. The molecule has 0 amide bonds. The van der Waals surface area contributed by atoms with Crippen molar-refractivity contribution in [2.75, 3.05) is 0 Å². The maximum Gasteiger partial charge on any atom is 0.169 e. The molecule has 0 bridgehead atoms. The Morgan fingerprint density at radius 3 is 2.79 bits per heavy atom. The van der Waals surface area contributed by atoms with Gasteiger partial charge in [0.05, 0.1) is 5.02 Å². The fraction of sp³-hybridized carbons (Fsp3) is 0.300. The van der Waals surface area contributed by atoms with Gasteiger partial charge in [-0.3, -0.25) is 4.79 Å². The van der Waals surface area contributed by atoms with Gasteiger partial charge < -0.3 is 4.74 Å². The summed E-state index contributed by atoms with van der Waals surface area (Å²) < 4.78 is 6.24. The van der Waals surface area contributed by atoms with Gasteiger partial charge in [0.15, 0.2) is 11.9 Å². The van der Waals surface area contributed by atoms with Gasteiger partial charge >= 0.3 is 0 Å². The van der Waals surface area contributed by atoms with Crippen LogP contribution in [-0.2, 0) is 4.79 Å². The monoisotopic (exact) mass is 276 g/mol. The minimum absolute atomic E-state index is 0.0268. The van der Waals surface area contributed by atoms with Gasteiger partial charge in [0.1, 0.15) is 5.75 Å². The molecule has 1 aromatic carbocycles. The molecule has 0 aromatic heterocycles. The molecule has 0 aliphatic rings. The Morgan fingerprint density at radius 1 is 1.57 bits per heavy atom. The number of halogens is 2. The highest BCUT2D eigenvalue weighted by Crippen LogP contribution is 2.28. The molecule has 0 radical (unpaired) electrons. The van der Waals surface area contributed by atoms with Crippen molar-refractivity contribution in [1.29, 1.82) is 0 Å². The van der Waals surface area contributed by atoms with Gasteiger partial charge in [0.2, 0.25) is 0 Å². The second-order valence-corrected chi connectivity index (χ2v) is 4.27. The molecule has 0 N–H and O–H groups in total. The van der Waals surface area contributed by atoms with E-state index in [4.69, 9.17) is 16.3 Å². The van der Waals surface area contributed by atoms with Gasteiger partial charge in [-0.2, -0.15) is 0 Å². The summed E-state index contributed by atoms with van der Waals surface area (Å²) in [7, 11) is 0. The molecule has 1 rings (SSSR count). The molecule has 2 nitrogen and oxygen atoms in total. The van der Waals surface area contributed by atoms with Crippen LogP contribution in [0, 0.1) is 0 Å². The smallest absolute Gasteiger partial charge is 0.169 e. The Hall–Kier alpha value is -0.540. The molecule has 4 heteroatoms. The summed E-state index contributed by atoms with van der Waals surface area (Å²) in [5, 5.41) is 0.501. The molecule has 0 fully saturated rings. The SMILES string of the molecule is CC(=O)C(C)Oc1cc(Br)ccc1Cl. The highest BCUT2D eigenvalue weighted by Gasteiger charge is 2.11. The third kappa shape index (κ3) is 3.00. The largest absolute Gasteiger partial charge is 0.481 e. The molecule has 14 heavy (non-hydrogen) atoms. The lowest BCUT2D eigenvalue weighted by atomic mass is 10.3. The van der Waals surface area contributed by atoms with Crippen LogP contribution in [-0.4, -0.2) is 11.9 Å². The lowest BCUT2D eigenvalue weighted by Crippen LogP contribution is -2.20. The topological polar surface area (TPSA) is 26.3 Å². The van der Waals surface area contributed by atoms with Crippen LogP contribution >= 0.6 is 27.5 Å². The second kappa shape index (κ2) is 4.80. The first-order chi connectivity index (χ1) is 6.50. The molecule has 1 atom stereocenters. The lowest BCUT2D eigenvalue weighted by Gasteiger charge is -2.12. The van der Waals surface area contributed by atoms with Crippen LogP contribution in [0.3, 0.4) is 0 Å². The summed E-state index contributed by atoms with van der Waals surface area (Å²) in [4.78, 5) is 11.0. The predicted molar refractivity (Wildman–Crippen MR) is 59.9 cm³/mol. The number of carbonyl (C=O) groups is 1. The van der Waals surface area contributed by atoms with Crippen LogP contribution in [0.4, 0.5) is 0 Å². The Morgan fingerprint density at radius 2 is 2.21 bits per heavy atom. The van der Waals surface area contributed by atoms with Crippen molar-refractivity contribution in [2.24, 2.45) is 0 Å². The summed E-state index contributed by atoms with van der Waals surface area (Å²) in [6.07, 6.45) is -0.471. The number of carbonyl (C=O) groups excluding carboxylic acids is 1. The highest BCUT2D eigenvalue weighted by atomic mass is 79.9. The third-order valence-electron chi connectivity index (χ3n) is 1.77. The Bertz CT molecular complexity index is 352. The van der Waals surface area contributed by atoms with Crippen molar-refractivity contribution in [1.82, 2.24) is 0 Å². The quantitative estimate of drug-likeness (QED) is 0.846. The average Bonchev–Trinajstić information content (AvgIpc) is 2.11. The molecule has 1 unspecified atom stereocenters. The molecule has 0 spiro atoms. The van der Waals surface area contributed by atoms with Crippen molar-refractivity contribution in [3.05, 3.63) is 27.7 Å². The minimum Gasteiger partial charge on any atom is -0.481 e. The van der Waals surface area contributed by atoms with Gasteiger partial charge in [-0.05, 0) is 32.0 Å². The lowest BCUT2D eigenvalue weighted by molar-refractivity contribution is -0.122. The maximum atomic E-state index is 11.0. The van der Waals surface area contributed by atoms with Crippen molar-refractivity contribution >= 4 is 33.3 Å². The maximum absolute atomic E-state index is 11.0. The average molecular weight is 278 g/mol. The molecule has 0 aliphatic carbocycles. The van der Waals surface area contributed by atoms with E-state index in [0.717, 1.165) is 4.47 Å².